The van der Waals surface area contributed by atoms with E-state index >= 15 is 0 Å². The summed E-state index contributed by atoms with van der Waals surface area (Å²) in [6, 6.07) is 13.2. The largest absolute Gasteiger partial charge is 0.456 e. The van der Waals surface area contributed by atoms with Gasteiger partial charge >= 0.3 is 0 Å². The van der Waals surface area contributed by atoms with Crippen LogP contribution >= 0.6 is 0 Å². The second-order valence-corrected chi connectivity index (χ2v) is 3.83. The summed E-state index contributed by atoms with van der Waals surface area (Å²) in [5.74, 6) is 6.65. The quantitative estimate of drug-likeness (QED) is 0.853. The molecule has 0 atom stereocenters. The number of benzene rings is 2. The van der Waals surface area contributed by atoms with E-state index in [1.807, 2.05) is 18.2 Å². The molecule has 0 bridgehead atoms. The van der Waals surface area contributed by atoms with Crippen molar-refractivity contribution in [2.75, 3.05) is 6.61 Å². The molecule has 2 rings (SSSR count). The average Bonchev–Trinajstić information content (AvgIpc) is 2.43. The summed E-state index contributed by atoms with van der Waals surface area (Å²) in [5, 5.41) is 8.71. The van der Waals surface area contributed by atoms with E-state index < -0.39 is 0 Å². The summed E-state index contributed by atoms with van der Waals surface area (Å²) < 4.78 is 18.5. The summed E-state index contributed by atoms with van der Waals surface area (Å²) in [4.78, 5) is 0. The normalized spacial score (nSPS) is 9.58. The van der Waals surface area contributed by atoms with E-state index in [9.17, 15) is 4.39 Å². The monoisotopic (exact) mass is 256 g/mol. The Morgan fingerprint density at radius 1 is 1.05 bits per heavy atom. The van der Waals surface area contributed by atoms with E-state index in [0.717, 1.165) is 5.56 Å². The first-order valence-corrected chi connectivity index (χ1v) is 5.92. The van der Waals surface area contributed by atoms with Crippen LogP contribution in [0.2, 0.25) is 0 Å². The second-order valence-electron chi connectivity index (χ2n) is 3.83. The van der Waals surface area contributed by atoms with Crippen LogP contribution in [0, 0.1) is 17.7 Å². The number of aliphatic hydroxyl groups is 1. The van der Waals surface area contributed by atoms with E-state index in [1.54, 1.807) is 18.2 Å². The van der Waals surface area contributed by atoms with Gasteiger partial charge in [0.1, 0.15) is 17.3 Å². The Morgan fingerprint density at radius 3 is 2.53 bits per heavy atom. The van der Waals surface area contributed by atoms with Crippen molar-refractivity contribution in [1.29, 1.82) is 0 Å². The maximum Gasteiger partial charge on any atom is 0.143 e. The zero-order chi connectivity index (χ0) is 13.5. The van der Waals surface area contributed by atoms with Gasteiger partial charge in [0, 0.05) is 6.42 Å². The van der Waals surface area contributed by atoms with Gasteiger partial charge in [-0.25, -0.2) is 4.39 Å². The lowest BCUT2D eigenvalue weighted by Crippen LogP contribution is -1.88. The second kappa shape index (κ2) is 6.58. The molecular weight excluding hydrogens is 243 g/mol. The van der Waals surface area contributed by atoms with Crippen LogP contribution in [0.5, 0.6) is 11.5 Å². The lowest BCUT2D eigenvalue weighted by Gasteiger charge is -2.07. The predicted octanol–water partition coefficient (Wildman–Crippen LogP) is 3.35. The van der Waals surface area contributed by atoms with E-state index in [0.29, 0.717) is 17.9 Å². The zero-order valence-electron chi connectivity index (χ0n) is 10.3. The average molecular weight is 256 g/mol. The van der Waals surface area contributed by atoms with Gasteiger partial charge in [0.25, 0.3) is 0 Å². The van der Waals surface area contributed by atoms with E-state index in [2.05, 4.69) is 11.8 Å². The molecule has 3 heteroatoms. The molecule has 19 heavy (non-hydrogen) atoms. The third kappa shape index (κ3) is 3.84. The van der Waals surface area contributed by atoms with Crippen LogP contribution in [-0.4, -0.2) is 11.7 Å². The number of para-hydroxylation sites is 1. The standard InChI is InChI=1S/C16H13FO2/c17-14-8-10-15(11-9-14)19-16-7-2-1-5-13(16)6-3-4-12-18/h1-2,5,7-11,18H,4,12H2. The third-order valence-corrected chi connectivity index (χ3v) is 2.39. The molecular formula is C16H13FO2. The SMILES string of the molecule is OCCC#Cc1ccccc1Oc1ccc(F)cc1. The first kappa shape index (κ1) is 13.1. The van der Waals surface area contributed by atoms with Crippen molar-refractivity contribution in [2.45, 2.75) is 6.42 Å². The topological polar surface area (TPSA) is 29.5 Å². The number of aliphatic hydroxyl groups excluding tert-OH is 1. The smallest absolute Gasteiger partial charge is 0.143 e. The summed E-state index contributed by atoms with van der Waals surface area (Å²) in [7, 11) is 0. The maximum atomic E-state index is 12.8. The van der Waals surface area contributed by atoms with Crippen LogP contribution in [0.15, 0.2) is 48.5 Å². The van der Waals surface area contributed by atoms with Crippen molar-refractivity contribution in [3.8, 4) is 23.3 Å². The molecule has 0 saturated carbocycles. The van der Waals surface area contributed by atoms with Gasteiger partial charge in [0.15, 0.2) is 0 Å². The minimum Gasteiger partial charge on any atom is -0.456 e. The Morgan fingerprint density at radius 2 is 1.79 bits per heavy atom. The Bertz CT molecular complexity index is 594. The molecule has 2 nitrogen and oxygen atoms in total. The molecule has 96 valence electrons. The van der Waals surface area contributed by atoms with Crippen molar-refractivity contribution < 1.29 is 14.2 Å². The molecule has 0 heterocycles. The Labute approximate surface area is 111 Å². The van der Waals surface area contributed by atoms with E-state index in [4.69, 9.17) is 9.84 Å². The first-order valence-electron chi connectivity index (χ1n) is 5.92. The molecule has 2 aromatic carbocycles. The molecule has 0 saturated heterocycles. The molecule has 1 N–H and O–H groups in total. The van der Waals surface area contributed by atoms with Crippen molar-refractivity contribution in [1.82, 2.24) is 0 Å². The van der Waals surface area contributed by atoms with Gasteiger partial charge < -0.3 is 9.84 Å². The van der Waals surface area contributed by atoms with Crippen LogP contribution in [0.25, 0.3) is 0 Å². The summed E-state index contributed by atoms with van der Waals surface area (Å²) in [5.41, 5.74) is 0.736. The van der Waals surface area contributed by atoms with Gasteiger partial charge in [-0.3, -0.25) is 0 Å². The van der Waals surface area contributed by atoms with Gasteiger partial charge in [0.2, 0.25) is 0 Å². The first-order chi connectivity index (χ1) is 9.29. The highest BCUT2D eigenvalue weighted by Crippen LogP contribution is 2.24. The van der Waals surface area contributed by atoms with Crippen molar-refractivity contribution in [3.05, 3.63) is 59.9 Å². The predicted molar refractivity (Wildman–Crippen MR) is 71.5 cm³/mol. The Hall–Kier alpha value is -2.31. The summed E-state index contributed by atoms with van der Waals surface area (Å²) >= 11 is 0. The molecule has 0 fully saturated rings. The Balaban J connectivity index is 2.20. The fourth-order valence-electron chi connectivity index (χ4n) is 1.50. The van der Waals surface area contributed by atoms with Crippen LogP contribution in [0.1, 0.15) is 12.0 Å². The van der Waals surface area contributed by atoms with Crippen LogP contribution in [0.3, 0.4) is 0 Å². The highest BCUT2D eigenvalue weighted by molar-refractivity contribution is 5.47. The summed E-state index contributed by atoms with van der Waals surface area (Å²) in [6.07, 6.45) is 0.422. The number of ether oxygens (including phenoxy) is 1. The number of rotatable bonds is 3. The van der Waals surface area contributed by atoms with E-state index in [1.165, 1.54) is 12.1 Å². The summed E-state index contributed by atoms with van der Waals surface area (Å²) in [6.45, 7) is 0.0357. The van der Waals surface area contributed by atoms with E-state index in [-0.39, 0.29) is 12.4 Å². The van der Waals surface area contributed by atoms with Crippen LogP contribution < -0.4 is 4.74 Å². The highest BCUT2D eigenvalue weighted by atomic mass is 19.1. The fraction of sp³-hybridized carbons (Fsp3) is 0.125. The third-order valence-electron chi connectivity index (χ3n) is 2.39. The van der Waals surface area contributed by atoms with Gasteiger partial charge in [-0.05, 0) is 36.4 Å². The van der Waals surface area contributed by atoms with Crippen molar-refractivity contribution >= 4 is 0 Å². The lowest BCUT2D eigenvalue weighted by atomic mass is 10.2. The molecule has 0 radical (unpaired) electrons. The Kier molecular flexibility index (Phi) is 4.54. The fourth-order valence-corrected chi connectivity index (χ4v) is 1.50. The molecule has 0 aliphatic carbocycles. The van der Waals surface area contributed by atoms with Gasteiger partial charge in [-0.15, -0.1) is 0 Å². The molecule has 0 amide bonds. The van der Waals surface area contributed by atoms with Crippen molar-refractivity contribution in [3.63, 3.8) is 0 Å². The minimum atomic E-state index is -0.302. The number of hydrogen-bond acceptors (Lipinski definition) is 2. The minimum absolute atomic E-state index is 0.0357. The molecule has 0 aliphatic heterocycles. The molecule has 0 aliphatic rings. The molecule has 0 spiro atoms. The van der Waals surface area contributed by atoms with Gasteiger partial charge in [-0.1, -0.05) is 24.0 Å². The van der Waals surface area contributed by atoms with Crippen LogP contribution in [-0.2, 0) is 0 Å². The maximum absolute atomic E-state index is 12.8. The van der Waals surface area contributed by atoms with Crippen molar-refractivity contribution in [2.24, 2.45) is 0 Å². The van der Waals surface area contributed by atoms with Gasteiger partial charge in [0.05, 0.1) is 12.2 Å². The molecule has 0 aromatic heterocycles. The van der Waals surface area contributed by atoms with Gasteiger partial charge in [-0.2, -0.15) is 0 Å². The highest BCUT2D eigenvalue weighted by Gasteiger charge is 2.02. The number of halogens is 1. The lowest BCUT2D eigenvalue weighted by molar-refractivity contribution is 0.305. The molecule has 0 unspecified atom stereocenters. The number of hydrogen-bond donors (Lipinski definition) is 1. The zero-order valence-corrected chi connectivity index (χ0v) is 10.3. The van der Waals surface area contributed by atoms with Crippen LogP contribution in [0.4, 0.5) is 4.39 Å². The molecule has 2 aromatic rings.